The van der Waals surface area contributed by atoms with Crippen molar-refractivity contribution in [2.75, 3.05) is 32.7 Å². The lowest BCUT2D eigenvalue weighted by molar-refractivity contribution is -0.746. The molecule has 0 saturated carbocycles. The fraction of sp³-hybridized carbons (Fsp3) is 0.467. The summed E-state index contributed by atoms with van der Waals surface area (Å²) in [6.07, 6.45) is 2.39. The summed E-state index contributed by atoms with van der Waals surface area (Å²) in [5.41, 5.74) is 5.37. The molecule has 0 aliphatic rings. The number of hydrogen-bond acceptors (Lipinski definition) is 11. The highest BCUT2D eigenvalue weighted by Crippen LogP contribution is 2.60. The summed E-state index contributed by atoms with van der Waals surface area (Å²) >= 11 is 0. The van der Waals surface area contributed by atoms with Crippen LogP contribution in [0, 0.1) is 0 Å². The van der Waals surface area contributed by atoms with E-state index in [1.54, 1.807) is 7.05 Å². The molecule has 3 rings (SSSR count). The molecule has 0 radical (unpaired) electrons. The molecule has 0 fully saturated rings. The maximum Gasteiger partial charge on any atom is 0.480 e. The van der Waals surface area contributed by atoms with Crippen molar-refractivity contribution in [2.45, 2.75) is 12.3 Å². The molecule has 0 aliphatic carbocycles. The van der Waals surface area contributed by atoms with E-state index in [2.05, 4.69) is 19.3 Å². The molecule has 188 valence electrons. The molecular weight excluding hydrogens is 500 g/mol. The number of phosphoric acid groups is 1. The van der Waals surface area contributed by atoms with Crippen molar-refractivity contribution in [1.29, 1.82) is 0 Å². The number of rotatable bonds is 12. The second kappa shape index (κ2) is 10.4. The number of hydrogen-bond donors (Lipinski definition) is 5. The SMILES string of the molecule is COC[C@@H](COP(=O)(O)OP(=O)(O)n1ccnc1)O[C@H](CO)[n+]1cn(C)c2c(=O)[nH]c(N)nc21. The molecule has 3 aromatic heterocycles. The third-order valence-electron chi connectivity index (χ3n) is 4.37. The Hall–Kier alpha value is -2.46. The Kier molecular flexibility index (Phi) is 8.02. The van der Waals surface area contributed by atoms with E-state index in [-0.39, 0.29) is 23.7 Å². The zero-order chi connectivity index (χ0) is 25.1. The van der Waals surface area contributed by atoms with Gasteiger partial charge in [-0.2, -0.15) is 4.31 Å². The van der Waals surface area contributed by atoms with Crippen LogP contribution in [0.15, 0.2) is 29.8 Å². The van der Waals surface area contributed by atoms with Gasteiger partial charge in [-0.05, 0) is 0 Å². The maximum absolute atomic E-state index is 12.2. The van der Waals surface area contributed by atoms with E-state index in [1.807, 2.05) is 0 Å². The Morgan fingerprint density at radius 3 is 2.68 bits per heavy atom. The zero-order valence-electron chi connectivity index (χ0n) is 18.0. The Morgan fingerprint density at radius 1 is 1.32 bits per heavy atom. The smallest absolute Gasteiger partial charge is 0.390 e. The van der Waals surface area contributed by atoms with Crippen LogP contribution in [-0.2, 0) is 34.5 Å². The minimum absolute atomic E-state index is 0.109. The van der Waals surface area contributed by atoms with Crippen LogP contribution in [0.5, 0.6) is 0 Å². The molecule has 6 N–H and O–H groups in total. The number of aryl methyl sites for hydroxylation is 1. The van der Waals surface area contributed by atoms with Gasteiger partial charge in [0.15, 0.2) is 6.33 Å². The Bertz CT molecular complexity index is 1280. The van der Waals surface area contributed by atoms with E-state index in [1.165, 1.54) is 28.8 Å². The van der Waals surface area contributed by atoms with Gasteiger partial charge in [0.1, 0.15) is 19.0 Å². The molecule has 2 unspecified atom stereocenters. The summed E-state index contributed by atoms with van der Waals surface area (Å²) in [5, 5.41) is 9.90. The number of aliphatic hydroxyl groups excluding tert-OH is 1. The number of nitrogen functional groups attached to an aromatic ring is 1. The number of nitrogens with zero attached hydrogens (tertiary/aromatic N) is 5. The van der Waals surface area contributed by atoms with E-state index < -0.39 is 46.7 Å². The van der Waals surface area contributed by atoms with Crippen LogP contribution >= 0.6 is 15.6 Å². The van der Waals surface area contributed by atoms with E-state index >= 15 is 0 Å². The summed E-state index contributed by atoms with van der Waals surface area (Å²) in [6, 6.07) is 0. The topological polar surface area (TPSA) is 230 Å². The van der Waals surface area contributed by atoms with Crippen molar-refractivity contribution in [2.24, 2.45) is 7.05 Å². The van der Waals surface area contributed by atoms with Gasteiger partial charge in [-0.3, -0.25) is 18.9 Å². The summed E-state index contributed by atoms with van der Waals surface area (Å²) in [7, 11) is -6.92. The molecule has 0 aliphatic heterocycles. The van der Waals surface area contributed by atoms with Gasteiger partial charge in [0.05, 0.1) is 20.3 Å². The monoisotopic (exact) mass is 524 g/mol. The molecule has 0 aromatic carbocycles. The lowest BCUT2D eigenvalue weighted by Gasteiger charge is -2.23. The number of ether oxygens (including phenoxy) is 2. The molecule has 4 atom stereocenters. The zero-order valence-corrected chi connectivity index (χ0v) is 19.8. The van der Waals surface area contributed by atoms with Crippen molar-refractivity contribution >= 4 is 32.7 Å². The molecule has 34 heavy (non-hydrogen) atoms. The third kappa shape index (κ3) is 5.96. The molecule has 3 heterocycles. The minimum Gasteiger partial charge on any atom is -0.390 e. The molecule has 19 heteroatoms. The van der Waals surface area contributed by atoms with Crippen LogP contribution in [-0.4, -0.2) is 71.8 Å². The van der Waals surface area contributed by atoms with Gasteiger partial charge in [-0.15, -0.1) is 0 Å². The highest BCUT2D eigenvalue weighted by Gasteiger charge is 2.37. The maximum atomic E-state index is 12.2. The van der Waals surface area contributed by atoms with Crippen LogP contribution < -0.4 is 15.9 Å². The molecule has 0 spiro atoms. The second-order valence-electron chi connectivity index (χ2n) is 6.89. The summed E-state index contributed by atoms with van der Waals surface area (Å²) < 4.78 is 47.8. The predicted octanol–water partition coefficient (Wildman–Crippen LogP) is -1.37. The van der Waals surface area contributed by atoms with E-state index in [9.17, 15) is 28.8 Å². The third-order valence-corrected chi connectivity index (χ3v) is 7.35. The highest BCUT2D eigenvalue weighted by atomic mass is 31.3. The Labute approximate surface area is 191 Å². The predicted molar refractivity (Wildman–Crippen MR) is 113 cm³/mol. The van der Waals surface area contributed by atoms with Gasteiger partial charge in [-0.25, -0.2) is 23.0 Å². The average Bonchev–Trinajstić information content (AvgIpc) is 3.38. The van der Waals surface area contributed by atoms with E-state index in [0.29, 0.717) is 4.34 Å². The number of imidazole rings is 2. The van der Waals surface area contributed by atoms with Crippen molar-refractivity contribution in [1.82, 2.24) is 23.9 Å². The Balaban J connectivity index is 1.76. The largest absolute Gasteiger partial charge is 0.480 e. The van der Waals surface area contributed by atoms with Gasteiger partial charge in [0.25, 0.3) is 11.5 Å². The van der Waals surface area contributed by atoms with Crippen LogP contribution in [0.3, 0.4) is 0 Å². The number of aliphatic hydroxyl groups is 1. The van der Waals surface area contributed by atoms with E-state index in [0.717, 1.165) is 12.5 Å². The van der Waals surface area contributed by atoms with Crippen LogP contribution in [0.1, 0.15) is 6.23 Å². The highest BCUT2D eigenvalue weighted by molar-refractivity contribution is 7.63. The normalized spacial score (nSPS) is 17.3. The molecule has 0 saturated heterocycles. The van der Waals surface area contributed by atoms with Crippen LogP contribution in [0.4, 0.5) is 5.95 Å². The summed E-state index contributed by atoms with van der Waals surface area (Å²) in [4.78, 5) is 42.0. The number of aromatic amines is 1. The number of nitrogens with two attached hydrogens (primary N) is 1. The number of aromatic nitrogens is 6. The standard InChI is InChI=1S/C15H23N7O10P2/c1-20-9-22(13-12(20)14(24)19-15(16)18-13)11(5-23)31-10(6-29-2)7-30-34(27,28)32-33(25,26)21-4-3-17-8-21/h3-4,8-11,23H,5-7H2,1-2H3,(H4-,16,18,19,24,25,26,27,28)/p+1/t10-,11+/m0/s1. The van der Waals surface area contributed by atoms with Gasteiger partial charge < -0.3 is 30.1 Å². The van der Waals surface area contributed by atoms with Gasteiger partial charge in [0, 0.05) is 19.5 Å². The molecule has 3 aromatic rings. The quantitative estimate of drug-likeness (QED) is 0.136. The minimum atomic E-state index is -5.05. The summed E-state index contributed by atoms with van der Waals surface area (Å²) in [5.74, 6) is -0.157. The molecular formula is C15H24N7O10P2+. The first-order valence-electron chi connectivity index (χ1n) is 9.49. The lowest BCUT2D eigenvalue weighted by atomic mass is 10.4. The van der Waals surface area contributed by atoms with Gasteiger partial charge in [0.2, 0.25) is 11.7 Å². The first-order valence-corrected chi connectivity index (χ1v) is 12.5. The van der Waals surface area contributed by atoms with Crippen molar-refractivity contribution in [3.8, 4) is 0 Å². The first-order chi connectivity index (χ1) is 16.0. The van der Waals surface area contributed by atoms with Crippen molar-refractivity contribution < 1.29 is 46.9 Å². The van der Waals surface area contributed by atoms with Crippen LogP contribution in [0.25, 0.3) is 11.2 Å². The number of fused-ring (bicyclic) bond motifs is 1. The summed E-state index contributed by atoms with van der Waals surface area (Å²) in [6.45, 7) is -1.40. The number of methoxy groups -OCH3 is 1. The number of H-pyrrole nitrogens is 1. The number of nitrogens with one attached hydrogen (secondary N) is 1. The van der Waals surface area contributed by atoms with Crippen molar-refractivity contribution in [3.05, 3.63) is 35.4 Å². The molecule has 17 nitrogen and oxygen atoms in total. The number of anilines is 1. The fourth-order valence-corrected chi connectivity index (χ4v) is 5.36. The van der Waals surface area contributed by atoms with Crippen molar-refractivity contribution in [3.63, 3.8) is 0 Å². The molecule has 0 amide bonds. The van der Waals surface area contributed by atoms with Crippen LogP contribution in [0.2, 0.25) is 0 Å². The fourth-order valence-electron chi connectivity index (χ4n) is 2.99. The van der Waals surface area contributed by atoms with Gasteiger partial charge in [-0.1, -0.05) is 4.98 Å². The first kappa shape index (κ1) is 26.2. The lowest BCUT2D eigenvalue weighted by Crippen LogP contribution is -2.46. The second-order valence-corrected chi connectivity index (χ2v) is 10.2. The van der Waals surface area contributed by atoms with E-state index in [4.69, 9.17) is 19.7 Å². The molecule has 0 bridgehead atoms. The number of phosphoric ester groups is 1. The van der Waals surface area contributed by atoms with Gasteiger partial charge >= 0.3 is 21.2 Å². The average molecular weight is 524 g/mol. The Morgan fingerprint density at radius 2 is 2.06 bits per heavy atom.